The summed E-state index contributed by atoms with van der Waals surface area (Å²) < 4.78 is 0. The molecule has 0 heterocycles. The average molecular weight is 157 g/mol. The zero-order chi connectivity index (χ0) is 9.40. The molecule has 12 heavy (non-hydrogen) atoms. The van der Waals surface area contributed by atoms with E-state index >= 15 is 0 Å². The van der Waals surface area contributed by atoms with Crippen LogP contribution < -0.4 is 5.32 Å². The van der Waals surface area contributed by atoms with Crippen molar-refractivity contribution in [3.05, 3.63) is 61.4 Å². The summed E-state index contributed by atoms with van der Waals surface area (Å²) >= 11 is 0. The van der Waals surface area contributed by atoms with Gasteiger partial charge < -0.3 is 5.32 Å². The van der Waals surface area contributed by atoms with Gasteiger partial charge in [-0.05, 0) is 17.7 Å². The molecule has 0 aliphatic carbocycles. The van der Waals surface area contributed by atoms with Gasteiger partial charge in [-0.1, -0.05) is 38.0 Å². The molecule has 60 valence electrons. The molecule has 2 heteroatoms. The summed E-state index contributed by atoms with van der Waals surface area (Å²) in [6.07, 6.45) is 8.76. The van der Waals surface area contributed by atoms with Gasteiger partial charge in [0.2, 0.25) is 0 Å². The van der Waals surface area contributed by atoms with Crippen molar-refractivity contribution in [2.75, 3.05) is 0 Å². The molecule has 0 aromatic carbocycles. The molecule has 0 atom stereocenters. The van der Waals surface area contributed by atoms with Gasteiger partial charge in [-0.25, -0.2) is 0 Å². The van der Waals surface area contributed by atoms with Gasteiger partial charge in [0.15, 0.2) is 0 Å². The molecule has 0 rings (SSSR count). The Morgan fingerprint density at radius 1 is 1.25 bits per heavy atom. The first-order chi connectivity index (χ1) is 5.70. The van der Waals surface area contributed by atoms with Gasteiger partial charge >= 0.3 is 0 Å². The van der Waals surface area contributed by atoms with E-state index in [1.54, 1.807) is 24.3 Å². The molecule has 0 aliphatic rings. The van der Waals surface area contributed by atoms with E-state index in [1.165, 1.54) is 0 Å². The molecule has 0 aromatic rings. The van der Waals surface area contributed by atoms with Crippen molar-refractivity contribution < 1.29 is 0 Å². The van der Waals surface area contributed by atoms with Crippen LogP contribution in [-0.2, 0) is 0 Å². The Morgan fingerprint density at radius 2 is 1.92 bits per heavy atom. The summed E-state index contributed by atoms with van der Waals surface area (Å²) in [6.45, 7) is 10.6. The number of hydrogen-bond donors (Lipinski definition) is 1. The topological polar surface area (TPSA) is 12.0 Å². The molecule has 0 saturated heterocycles. The number of allylic oxidation sites excluding steroid dienone is 5. The molecule has 0 aliphatic heterocycles. The van der Waals surface area contributed by atoms with Crippen LogP contribution in [0.2, 0.25) is 0 Å². The first-order valence-corrected chi connectivity index (χ1v) is 3.54. The fourth-order valence-electron chi connectivity index (χ4n) is 0.623. The molecule has 0 bridgehead atoms. The van der Waals surface area contributed by atoms with Gasteiger partial charge in [-0.2, -0.15) is 0 Å². The van der Waals surface area contributed by atoms with Crippen LogP contribution in [0.1, 0.15) is 0 Å². The fourth-order valence-corrected chi connectivity index (χ4v) is 0.623. The highest BCUT2D eigenvalue weighted by Gasteiger charge is 1.86. The molecule has 0 unspecified atom stereocenters. The lowest BCUT2D eigenvalue weighted by atomic mass is 10.1. The standard InChI is InChI=1S/C10H12BN/c1-4-6-8-10(7-5-2)12-9(3)11/h4-8,12H,1-3H2/b8-6-,10-7+. The van der Waals surface area contributed by atoms with Crippen molar-refractivity contribution in [3.63, 3.8) is 0 Å². The fraction of sp³-hybridized carbons (Fsp3) is 0. The highest BCUT2D eigenvalue weighted by molar-refractivity contribution is 6.20. The number of rotatable bonds is 5. The normalized spacial score (nSPS) is 11.2. The van der Waals surface area contributed by atoms with Crippen LogP contribution in [0.4, 0.5) is 0 Å². The van der Waals surface area contributed by atoms with E-state index in [0.29, 0.717) is 5.60 Å². The Kier molecular flexibility index (Phi) is 5.53. The van der Waals surface area contributed by atoms with Crippen LogP contribution in [0.15, 0.2) is 61.4 Å². The lowest BCUT2D eigenvalue weighted by Gasteiger charge is -2.04. The SMILES string of the molecule is [B]C(=C)NC(/C=C\C=C)=C/C=C. The maximum absolute atomic E-state index is 5.35. The molecule has 0 spiro atoms. The van der Waals surface area contributed by atoms with Crippen molar-refractivity contribution in [3.8, 4) is 0 Å². The van der Waals surface area contributed by atoms with Crippen molar-refractivity contribution in [2.24, 2.45) is 0 Å². The third-order valence-electron chi connectivity index (χ3n) is 1.01. The molecule has 2 radical (unpaired) electrons. The molecule has 0 amide bonds. The second-order valence-electron chi connectivity index (χ2n) is 2.10. The number of nitrogens with one attached hydrogen (secondary N) is 1. The second-order valence-corrected chi connectivity index (χ2v) is 2.10. The zero-order valence-corrected chi connectivity index (χ0v) is 7.09. The first kappa shape index (κ1) is 10.6. The van der Waals surface area contributed by atoms with Crippen LogP contribution in [-0.4, -0.2) is 7.85 Å². The molecule has 1 N–H and O–H groups in total. The Labute approximate surface area is 75.3 Å². The predicted octanol–water partition coefficient (Wildman–Crippen LogP) is 2.03. The first-order valence-electron chi connectivity index (χ1n) is 3.54. The molecule has 0 saturated carbocycles. The monoisotopic (exact) mass is 157 g/mol. The number of hydrogen-bond acceptors (Lipinski definition) is 1. The van der Waals surface area contributed by atoms with Gasteiger partial charge in [0.25, 0.3) is 0 Å². The van der Waals surface area contributed by atoms with E-state index in [-0.39, 0.29) is 0 Å². The lowest BCUT2D eigenvalue weighted by Crippen LogP contribution is -2.09. The van der Waals surface area contributed by atoms with E-state index in [9.17, 15) is 0 Å². The highest BCUT2D eigenvalue weighted by atomic mass is 14.9. The highest BCUT2D eigenvalue weighted by Crippen LogP contribution is 1.94. The predicted molar refractivity (Wildman–Crippen MR) is 55.6 cm³/mol. The largest absolute Gasteiger partial charge is 0.369 e. The molecule has 1 nitrogen and oxygen atoms in total. The Morgan fingerprint density at radius 3 is 2.33 bits per heavy atom. The third kappa shape index (κ3) is 5.36. The van der Waals surface area contributed by atoms with Crippen molar-refractivity contribution in [1.29, 1.82) is 0 Å². The summed E-state index contributed by atoms with van der Waals surface area (Å²) in [5, 5.41) is 2.85. The quantitative estimate of drug-likeness (QED) is 0.475. The molecular weight excluding hydrogens is 145 g/mol. The minimum atomic E-state index is 0.400. The molecular formula is C10H12BN. The van der Waals surface area contributed by atoms with Crippen molar-refractivity contribution in [1.82, 2.24) is 5.32 Å². The molecule has 0 fully saturated rings. The van der Waals surface area contributed by atoms with Gasteiger partial charge in [-0.15, -0.1) is 0 Å². The van der Waals surface area contributed by atoms with E-state index in [0.717, 1.165) is 5.70 Å². The van der Waals surface area contributed by atoms with E-state index in [2.05, 4.69) is 25.1 Å². The average Bonchev–Trinajstić information content (AvgIpc) is 2.00. The van der Waals surface area contributed by atoms with E-state index in [1.807, 2.05) is 6.08 Å². The van der Waals surface area contributed by atoms with Crippen molar-refractivity contribution in [2.45, 2.75) is 0 Å². The Balaban J connectivity index is 4.33. The van der Waals surface area contributed by atoms with Crippen LogP contribution in [0, 0.1) is 0 Å². The van der Waals surface area contributed by atoms with E-state index in [4.69, 9.17) is 7.85 Å². The van der Waals surface area contributed by atoms with Crippen LogP contribution in [0.25, 0.3) is 0 Å². The summed E-state index contributed by atoms with van der Waals surface area (Å²) in [6, 6.07) is 0. The van der Waals surface area contributed by atoms with E-state index < -0.39 is 0 Å². The summed E-state index contributed by atoms with van der Waals surface area (Å²) in [5.41, 5.74) is 1.23. The lowest BCUT2D eigenvalue weighted by molar-refractivity contribution is 1.09. The van der Waals surface area contributed by atoms with Gasteiger partial charge in [0.05, 0.1) is 0 Å². The third-order valence-corrected chi connectivity index (χ3v) is 1.01. The van der Waals surface area contributed by atoms with Crippen LogP contribution in [0.5, 0.6) is 0 Å². The minimum absolute atomic E-state index is 0.400. The van der Waals surface area contributed by atoms with Gasteiger partial charge in [0.1, 0.15) is 7.85 Å². The maximum atomic E-state index is 5.35. The Bertz CT molecular complexity index is 236. The molecule has 0 aromatic heterocycles. The zero-order valence-electron chi connectivity index (χ0n) is 7.09. The smallest absolute Gasteiger partial charge is 0.137 e. The summed E-state index contributed by atoms with van der Waals surface area (Å²) in [5.74, 6) is 0. The Hall–Kier alpha value is -1.44. The summed E-state index contributed by atoms with van der Waals surface area (Å²) in [4.78, 5) is 0. The van der Waals surface area contributed by atoms with Gasteiger partial charge in [-0.3, -0.25) is 0 Å². The second kappa shape index (κ2) is 6.29. The van der Waals surface area contributed by atoms with Crippen molar-refractivity contribution >= 4 is 7.85 Å². The van der Waals surface area contributed by atoms with Gasteiger partial charge in [0, 0.05) is 5.70 Å². The summed E-state index contributed by atoms with van der Waals surface area (Å²) in [7, 11) is 5.35. The maximum Gasteiger partial charge on any atom is 0.137 e. The minimum Gasteiger partial charge on any atom is -0.369 e. The van der Waals surface area contributed by atoms with Crippen LogP contribution >= 0.6 is 0 Å². The van der Waals surface area contributed by atoms with Crippen LogP contribution in [0.3, 0.4) is 0 Å².